The Kier molecular flexibility index (Phi) is 4.37. The molecule has 2 N–H and O–H groups in total. The van der Waals surface area contributed by atoms with E-state index in [0.29, 0.717) is 18.5 Å². The number of furan rings is 1. The fraction of sp³-hybridized carbons (Fsp3) is 0.545. The number of amides is 1. The summed E-state index contributed by atoms with van der Waals surface area (Å²) in [5, 5.41) is 11.9. The van der Waals surface area contributed by atoms with Crippen molar-refractivity contribution in [1.29, 1.82) is 0 Å². The van der Waals surface area contributed by atoms with Crippen LogP contribution in [0, 0.1) is 5.92 Å². The van der Waals surface area contributed by atoms with E-state index in [0.717, 1.165) is 0 Å². The molecule has 0 saturated carbocycles. The van der Waals surface area contributed by atoms with E-state index < -0.39 is 0 Å². The van der Waals surface area contributed by atoms with Crippen LogP contribution >= 0.6 is 0 Å². The number of aliphatic hydroxyl groups is 1. The number of hydrogen-bond donors (Lipinski definition) is 2. The van der Waals surface area contributed by atoms with Crippen LogP contribution in [0.3, 0.4) is 0 Å². The van der Waals surface area contributed by atoms with Crippen LogP contribution in [-0.4, -0.2) is 23.7 Å². The molecule has 0 radical (unpaired) electrons. The van der Waals surface area contributed by atoms with Gasteiger partial charge in [-0.15, -0.1) is 0 Å². The minimum Gasteiger partial charge on any atom is -0.472 e. The monoisotopic (exact) mass is 211 g/mol. The van der Waals surface area contributed by atoms with Gasteiger partial charge < -0.3 is 14.8 Å². The fourth-order valence-electron chi connectivity index (χ4n) is 1.43. The van der Waals surface area contributed by atoms with Crippen LogP contribution in [0.2, 0.25) is 0 Å². The standard InChI is InChI=1S/C11H17NO3/c1-8(5-9(2)13)6-12-11(14)10-3-4-15-7-10/h3-4,7-9,13H,5-6H2,1-2H3,(H,12,14). The molecule has 2 atom stereocenters. The predicted octanol–water partition coefficient (Wildman–Crippen LogP) is 1.42. The molecule has 0 saturated heterocycles. The van der Waals surface area contributed by atoms with Gasteiger partial charge in [0, 0.05) is 6.54 Å². The molecule has 1 aromatic rings. The molecule has 1 aromatic heterocycles. The Labute approximate surface area is 89.3 Å². The highest BCUT2D eigenvalue weighted by Crippen LogP contribution is 2.05. The highest BCUT2D eigenvalue weighted by molar-refractivity contribution is 5.93. The van der Waals surface area contributed by atoms with Crippen molar-refractivity contribution in [2.45, 2.75) is 26.4 Å². The van der Waals surface area contributed by atoms with Gasteiger partial charge in [-0.05, 0) is 25.3 Å². The molecule has 0 aromatic carbocycles. The predicted molar refractivity (Wildman–Crippen MR) is 56.5 cm³/mol. The molecular formula is C11H17NO3. The summed E-state index contributed by atoms with van der Waals surface area (Å²) in [6.45, 7) is 4.30. The second-order valence-corrected chi connectivity index (χ2v) is 3.91. The van der Waals surface area contributed by atoms with Gasteiger partial charge >= 0.3 is 0 Å². The quantitative estimate of drug-likeness (QED) is 0.774. The minimum absolute atomic E-state index is 0.138. The number of hydrogen-bond acceptors (Lipinski definition) is 3. The fourth-order valence-corrected chi connectivity index (χ4v) is 1.43. The molecular weight excluding hydrogens is 194 g/mol. The normalized spacial score (nSPS) is 14.6. The first-order valence-electron chi connectivity index (χ1n) is 5.08. The Hall–Kier alpha value is -1.29. The van der Waals surface area contributed by atoms with Gasteiger partial charge in [-0.25, -0.2) is 0 Å². The SMILES string of the molecule is CC(O)CC(C)CNC(=O)c1ccoc1. The Morgan fingerprint density at radius 1 is 1.60 bits per heavy atom. The first-order valence-corrected chi connectivity index (χ1v) is 5.08. The van der Waals surface area contributed by atoms with Crippen LogP contribution in [0.4, 0.5) is 0 Å². The zero-order valence-electron chi connectivity index (χ0n) is 9.06. The maximum absolute atomic E-state index is 11.5. The van der Waals surface area contributed by atoms with E-state index >= 15 is 0 Å². The summed E-state index contributed by atoms with van der Waals surface area (Å²) >= 11 is 0. The summed E-state index contributed by atoms with van der Waals surface area (Å²) in [4.78, 5) is 11.5. The Balaban J connectivity index is 2.28. The summed E-state index contributed by atoms with van der Waals surface area (Å²) in [6, 6.07) is 1.62. The average molecular weight is 211 g/mol. The number of aliphatic hydroxyl groups excluding tert-OH is 1. The Bertz CT molecular complexity index is 293. The van der Waals surface area contributed by atoms with E-state index in [1.807, 2.05) is 6.92 Å². The van der Waals surface area contributed by atoms with Crippen molar-refractivity contribution in [2.24, 2.45) is 5.92 Å². The maximum atomic E-state index is 11.5. The third-order valence-corrected chi connectivity index (χ3v) is 2.14. The van der Waals surface area contributed by atoms with Crippen LogP contribution in [-0.2, 0) is 0 Å². The van der Waals surface area contributed by atoms with Gasteiger partial charge in [0.25, 0.3) is 5.91 Å². The van der Waals surface area contributed by atoms with Gasteiger partial charge in [0.2, 0.25) is 0 Å². The third-order valence-electron chi connectivity index (χ3n) is 2.14. The molecule has 0 fully saturated rings. The molecule has 0 aliphatic heterocycles. The topological polar surface area (TPSA) is 62.5 Å². The number of nitrogens with one attached hydrogen (secondary N) is 1. The van der Waals surface area contributed by atoms with Crippen molar-refractivity contribution in [1.82, 2.24) is 5.32 Å². The molecule has 0 aliphatic rings. The number of carbonyl (C=O) groups is 1. The second-order valence-electron chi connectivity index (χ2n) is 3.91. The van der Waals surface area contributed by atoms with E-state index in [1.54, 1.807) is 13.0 Å². The van der Waals surface area contributed by atoms with Crippen molar-refractivity contribution in [2.75, 3.05) is 6.54 Å². The van der Waals surface area contributed by atoms with Gasteiger partial charge in [-0.1, -0.05) is 6.92 Å². The summed E-state index contributed by atoms with van der Waals surface area (Å²) in [5.41, 5.74) is 0.527. The van der Waals surface area contributed by atoms with Crippen LogP contribution in [0.15, 0.2) is 23.0 Å². The van der Waals surface area contributed by atoms with E-state index in [4.69, 9.17) is 9.52 Å². The number of carbonyl (C=O) groups excluding carboxylic acids is 1. The van der Waals surface area contributed by atoms with Crippen molar-refractivity contribution in [3.05, 3.63) is 24.2 Å². The molecule has 84 valence electrons. The second kappa shape index (κ2) is 5.56. The molecule has 0 spiro atoms. The van der Waals surface area contributed by atoms with Crippen molar-refractivity contribution >= 4 is 5.91 Å². The summed E-state index contributed by atoms with van der Waals surface area (Å²) in [6.07, 6.45) is 3.24. The van der Waals surface area contributed by atoms with Crippen LogP contribution in [0.5, 0.6) is 0 Å². The van der Waals surface area contributed by atoms with Gasteiger partial charge in [-0.2, -0.15) is 0 Å². The van der Waals surface area contributed by atoms with Gasteiger partial charge in [0.05, 0.1) is 17.9 Å². The van der Waals surface area contributed by atoms with Gasteiger partial charge in [0.15, 0.2) is 0 Å². The van der Waals surface area contributed by atoms with Crippen molar-refractivity contribution in [3.8, 4) is 0 Å². The average Bonchev–Trinajstić information content (AvgIpc) is 2.65. The van der Waals surface area contributed by atoms with Crippen molar-refractivity contribution in [3.63, 3.8) is 0 Å². The Morgan fingerprint density at radius 2 is 2.33 bits per heavy atom. The van der Waals surface area contributed by atoms with E-state index in [-0.39, 0.29) is 17.9 Å². The lowest BCUT2D eigenvalue weighted by molar-refractivity contribution is 0.0938. The lowest BCUT2D eigenvalue weighted by Gasteiger charge is -2.13. The van der Waals surface area contributed by atoms with Crippen LogP contribution in [0.1, 0.15) is 30.6 Å². The highest BCUT2D eigenvalue weighted by Gasteiger charge is 2.10. The molecule has 1 amide bonds. The molecule has 0 bridgehead atoms. The van der Waals surface area contributed by atoms with E-state index in [2.05, 4.69) is 5.32 Å². The molecule has 4 nitrogen and oxygen atoms in total. The van der Waals surface area contributed by atoms with E-state index in [9.17, 15) is 4.79 Å². The minimum atomic E-state index is -0.328. The largest absolute Gasteiger partial charge is 0.472 e. The van der Waals surface area contributed by atoms with Gasteiger partial charge in [-0.3, -0.25) is 4.79 Å². The molecule has 1 rings (SSSR count). The summed E-state index contributed by atoms with van der Waals surface area (Å²) in [5.74, 6) is 0.127. The van der Waals surface area contributed by atoms with E-state index in [1.165, 1.54) is 12.5 Å². The first-order chi connectivity index (χ1) is 7.09. The lowest BCUT2D eigenvalue weighted by atomic mass is 10.0. The van der Waals surface area contributed by atoms with Crippen LogP contribution < -0.4 is 5.32 Å². The van der Waals surface area contributed by atoms with Gasteiger partial charge in [0.1, 0.15) is 6.26 Å². The molecule has 15 heavy (non-hydrogen) atoms. The third kappa shape index (κ3) is 4.16. The molecule has 1 heterocycles. The first kappa shape index (κ1) is 11.8. The lowest BCUT2D eigenvalue weighted by Crippen LogP contribution is -2.29. The van der Waals surface area contributed by atoms with Crippen molar-refractivity contribution < 1.29 is 14.3 Å². The zero-order valence-corrected chi connectivity index (χ0v) is 9.06. The molecule has 2 unspecified atom stereocenters. The highest BCUT2D eigenvalue weighted by atomic mass is 16.3. The summed E-state index contributed by atoms with van der Waals surface area (Å²) in [7, 11) is 0. The zero-order chi connectivity index (χ0) is 11.3. The summed E-state index contributed by atoms with van der Waals surface area (Å²) < 4.78 is 4.81. The maximum Gasteiger partial charge on any atom is 0.254 e. The molecule has 0 aliphatic carbocycles. The number of rotatable bonds is 5. The smallest absolute Gasteiger partial charge is 0.254 e. The Morgan fingerprint density at radius 3 is 2.87 bits per heavy atom. The molecule has 4 heteroatoms. The van der Waals surface area contributed by atoms with Crippen LogP contribution in [0.25, 0.3) is 0 Å².